The van der Waals surface area contributed by atoms with Crippen molar-refractivity contribution in [3.05, 3.63) is 47.9 Å². The first-order valence-electron chi connectivity index (χ1n) is 7.40. The van der Waals surface area contributed by atoms with Crippen molar-refractivity contribution in [2.45, 2.75) is 6.61 Å². The van der Waals surface area contributed by atoms with Gasteiger partial charge in [0.15, 0.2) is 17.3 Å². The van der Waals surface area contributed by atoms with E-state index >= 15 is 0 Å². The minimum Gasteiger partial charge on any atom is -0.493 e. The lowest BCUT2D eigenvalue weighted by Crippen LogP contribution is -2.32. The number of carbonyl (C=O) groups excluding carboxylic acids is 1. The number of nitrogens with zero attached hydrogens (tertiary/aromatic N) is 1. The second kappa shape index (κ2) is 9.85. The van der Waals surface area contributed by atoms with E-state index in [-0.39, 0.29) is 24.9 Å². The molecule has 1 N–H and O–H groups in total. The molecular weight excluding hydrogens is 332 g/mol. The van der Waals surface area contributed by atoms with E-state index in [2.05, 4.69) is 5.32 Å². The average molecular weight is 355 g/mol. The van der Waals surface area contributed by atoms with Gasteiger partial charge in [0.05, 0.1) is 7.11 Å². The van der Waals surface area contributed by atoms with Crippen LogP contribution in [0.25, 0.3) is 0 Å². The van der Waals surface area contributed by atoms with E-state index in [0.717, 1.165) is 6.54 Å². The summed E-state index contributed by atoms with van der Waals surface area (Å²) in [5, 5.41) is 3.00. The van der Waals surface area contributed by atoms with Crippen LogP contribution in [0.5, 0.6) is 11.5 Å². The van der Waals surface area contributed by atoms with Crippen molar-refractivity contribution < 1.29 is 18.7 Å². The fraction of sp³-hybridized carbons (Fsp3) is 0.353. The lowest BCUT2D eigenvalue weighted by molar-refractivity contribution is 0.0761. The molecule has 0 aliphatic heterocycles. The molecule has 2 rings (SSSR count). The van der Waals surface area contributed by atoms with Crippen molar-refractivity contribution in [2.24, 2.45) is 0 Å². The highest BCUT2D eigenvalue weighted by molar-refractivity contribution is 5.91. The van der Waals surface area contributed by atoms with Crippen molar-refractivity contribution >= 4 is 18.3 Å². The van der Waals surface area contributed by atoms with Gasteiger partial charge in [0.25, 0.3) is 5.91 Å². The number of furan rings is 1. The van der Waals surface area contributed by atoms with Crippen LogP contribution in [0.4, 0.5) is 0 Å². The summed E-state index contributed by atoms with van der Waals surface area (Å²) in [6.45, 7) is 1.57. The number of benzene rings is 1. The summed E-state index contributed by atoms with van der Waals surface area (Å²) < 4.78 is 16.5. The van der Waals surface area contributed by atoms with Gasteiger partial charge in [0.1, 0.15) is 12.4 Å². The second-order valence-electron chi connectivity index (χ2n) is 5.04. The Morgan fingerprint density at radius 3 is 2.58 bits per heavy atom. The Bertz CT molecular complexity index is 645. The van der Waals surface area contributed by atoms with E-state index in [0.29, 0.717) is 29.6 Å². The Hall–Kier alpha value is -2.18. The van der Waals surface area contributed by atoms with Crippen LogP contribution in [0.3, 0.4) is 0 Å². The fourth-order valence-electron chi connectivity index (χ4n) is 2.03. The monoisotopic (exact) mass is 354 g/mol. The Labute approximate surface area is 148 Å². The molecule has 0 atom stereocenters. The summed E-state index contributed by atoms with van der Waals surface area (Å²) in [4.78, 5) is 13.8. The molecule has 0 spiro atoms. The highest BCUT2D eigenvalue weighted by Gasteiger charge is 2.16. The Kier molecular flexibility index (Phi) is 8.15. The van der Waals surface area contributed by atoms with Crippen molar-refractivity contribution in [3.8, 4) is 11.5 Å². The van der Waals surface area contributed by atoms with Crippen LogP contribution in [-0.4, -0.2) is 45.1 Å². The summed E-state index contributed by atoms with van der Waals surface area (Å²) in [5.41, 5.74) is 0. The van der Waals surface area contributed by atoms with Crippen molar-refractivity contribution in [1.82, 2.24) is 10.2 Å². The molecule has 2 aromatic rings. The highest BCUT2D eigenvalue weighted by Crippen LogP contribution is 2.26. The van der Waals surface area contributed by atoms with Gasteiger partial charge in [-0.15, -0.1) is 12.4 Å². The average Bonchev–Trinajstić information content (AvgIpc) is 3.06. The van der Waals surface area contributed by atoms with E-state index in [9.17, 15) is 4.79 Å². The zero-order chi connectivity index (χ0) is 16.7. The van der Waals surface area contributed by atoms with E-state index in [1.54, 1.807) is 31.2 Å². The van der Waals surface area contributed by atoms with Gasteiger partial charge in [0, 0.05) is 20.1 Å². The molecule has 6 nitrogen and oxygen atoms in total. The second-order valence-corrected chi connectivity index (χ2v) is 5.04. The van der Waals surface area contributed by atoms with Crippen LogP contribution >= 0.6 is 12.4 Å². The maximum absolute atomic E-state index is 12.2. The molecule has 24 heavy (non-hydrogen) atoms. The molecule has 0 fully saturated rings. The molecular formula is C17H23ClN2O4. The first-order chi connectivity index (χ1) is 11.2. The topological polar surface area (TPSA) is 63.9 Å². The number of methoxy groups -OCH3 is 1. The van der Waals surface area contributed by atoms with Crippen molar-refractivity contribution in [3.63, 3.8) is 0 Å². The molecule has 7 heteroatoms. The molecule has 1 heterocycles. The van der Waals surface area contributed by atoms with Gasteiger partial charge in [-0.05, 0) is 31.3 Å². The zero-order valence-electron chi connectivity index (χ0n) is 14.1. The van der Waals surface area contributed by atoms with E-state index in [1.165, 1.54) is 0 Å². The third-order valence-electron chi connectivity index (χ3n) is 3.36. The van der Waals surface area contributed by atoms with Crippen LogP contribution in [0.1, 0.15) is 16.3 Å². The predicted molar refractivity (Wildman–Crippen MR) is 94.2 cm³/mol. The van der Waals surface area contributed by atoms with E-state index < -0.39 is 0 Å². The van der Waals surface area contributed by atoms with Gasteiger partial charge >= 0.3 is 0 Å². The smallest absolute Gasteiger partial charge is 0.289 e. The van der Waals surface area contributed by atoms with Crippen LogP contribution in [0, 0.1) is 0 Å². The highest BCUT2D eigenvalue weighted by atomic mass is 35.5. The number of likely N-dealkylation sites (N-methyl/N-ethyl adjacent to an activating group) is 2. The Morgan fingerprint density at radius 2 is 1.92 bits per heavy atom. The van der Waals surface area contributed by atoms with Gasteiger partial charge in [-0.1, -0.05) is 12.1 Å². The summed E-state index contributed by atoms with van der Waals surface area (Å²) in [6.07, 6.45) is 0. The third kappa shape index (κ3) is 5.18. The molecule has 0 saturated heterocycles. The van der Waals surface area contributed by atoms with Crippen LogP contribution in [0.15, 0.2) is 40.8 Å². The maximum atomic E-state index is 12.2. The molecule has 1 amide bonds. The minimum absolute atomic E-state index is 0. The SMILES string of the molecule is CNCCN(C)C(=O)c1ccc(COc2ccccc2OC)o1.Cl. The summed E-state index contributed by atoms with van der Waals surface area (Å²) in [6, 6.07) is 10.8. The van der Waals surface area contributed by atoms with Gasteiger partial charge in [-0.25, -0.2) is 0 Å². The number of nitrogens with one attached hydrogen (secondary N) is 1. The number of hydrogen-bond acceptors (Lipinski definition) is 5. The van der Waals surface area contributed by atoms with Crippen molar-refractivity contribution in [1.29, 1.82) is 0 Å². The normalized spacial score (nSPS) is 9.96. The largest absolute Gasteiger partial charge is 0.493 e. The third-order valence-corrected chi connectivity index (χ3v) is 3.36. The lowest BCUT2D eigenvalue weighted by atomic mass is 10.3. The molecule has 132 valence electrons. The van der Waals surface area contributed by atoms with Crippen LogP contribution in [-0.2, 0) is 6.61 Å². The number of para-hydroxylation sites is 2. The zero-order valence-corrected chi connectivity index (χ0v) is 14.9. The Morgan fingerprint density at radius 1 is 1.21 bits per heavy atom. The number of halogens is 1. The molecule has 1 aromatic carbocycles. The van der Waals surface area contributed by atoms with Gasteiger partial charge in [0.2, 0.25) is 0 Å². The molecule has 1 aromatic heterocycles. The molecule has 0 saturated carbocycles. The molecule has 0 radical (unpaired) electrons. The van der Waals surface area contributed by atoms with Crippen LogP contribution < -0.4 is 14.8 Å². The number of carbonyl (C=O) groups is 1. The maximum Gasteiger partial charge on any atom is 0.289 e. The standard InChI is InChI=1S/C17H22N2O4.ClH/c1-18-10-11-19(2)17(20)16-9-8-13(23-16)12-22-15-7-5-4-6-14(15)21-3;/h4-9,18H,10-12H2,1-3H3;1H. The van der Waals surface area contributed by atoms with E-state index in [4.69, 9.17) is 13.9 Å². The first-order valence-corrected chi connectivity index (χ1v) is 7.40. The number of rotatable bonds is 8. The minimum atomic E-state index is -0.149. The summed E-state index contributed by atoms with van der Waals surface area (Å²) in [7, 11) is 5.18. The summed E-state index contributed by atoms with van der Waals surface area (Å²) >= 11 is 0. The number of hydrogen-bond donors (Lipinski definition) is 1. The van der Waals surface area contributed by atoms with Gasteiger partial charge in [-0.2, -0.15) is 0 Å². The Balaban J connectivity index is 0.00000288. The quantitative estimate of drug-likeness (QED) is 0.789. The van der Waals surface area contributed by atoms with E-state index in [1.807, 2.05) is 31.3 Å². The van der Waals surface area contributed by atoms with Gasteiger partial charge in [-0.3, -0.25) is 4.79 Å². The van der Waals surface area contributed by atoms with Crippen molar-refractivity contribution in [2.75, 3.05) is 34.3 Å². The number of amides is 1. The molecule has 0 aliphatic rings. The number of ether oxygens (including phenoxy) is 2. The first kappa shape index (κ1) is 19.9. The molecule has 0 bridgehead atoms. The molecule has 0 aliphatic carbocycles. The molecule has 0 unspecified atom stereocenters. The lowest BCUT2D eigenvalue weighted by Gasteiger charge is -2.15. The fourth-order valence-corrected chi connectivity index (χ4v) is 2.03. The van der Waals surface area contributed by atoms with Crippen LogP contribution in [0.2, 0.25) is 0 Å². The predicted octanol–water partition coefficient (Wildman–Crippen LogP) is 2.58. The summed E-state index contributed by atoms with van der Waals surface area (Å²) in [5.74, 6) is 2.03. The van der Waals surface area contributed by atoms with Gasteiger partial charge < -0.3 is 24.1 Å².